The molecule has 1 amide bonds. The second-order valence-electron chi connectivity index (χ2n) is 4.84. The molecular weight excluding hydrogens is 267 g/mol. The van der Waals surface area contributed by atoms with E-state index in [1.807, 2.05) is 0 Å². The van der Waals surface area contributed by atoms with Crippen LogP contribution < -0.4 is 0 Å². The Hall–Kier alpha value is -1.73. The van der Waals surface area contributed by atoms with Crippen molar-refractivity contribution in [2.24, 2.45) is 0 Å². The highest BCUT2D eigenvalue weighted by molar-refractivity contribution is 5.98. The zero-order chi connectivity index (χ0) is 14.8. The van der Waals surface area contributed by atoms with Crippen molar-refractivity contribution in [1.29, 1.82) is 0 Å². The summed E-state index contributed by atoms with van der Waals surface area (Å²) in [5, 5.41) is 0. The molecule has 0 aliphatic carbocycles. The number of carbonyl (C=O) groups is 2. The molecule has 0 bridgehead atoms. The predicted molar refractivity (Wildman–Crippen MR) is 58.0 cm³/mol. The van der Waals surface area contributed by atoms with Crippen LogP contribution in [0.3, 0.4) is 0 Å². The Morgan fingerprint density at radius 3 is 2.37 bits per heavy atom. The Kier molecular flexibility index (Phi) is 4.12. The van der Waals surface area contributed by atoms with Gasteiger partial charge in [0.1, 0.15) is 12.2 Å². The zero-order valence-electron chi connectivity index (χ0n) is 10.7. The average molecular weight is 281 g/mol. The maximum atomic E-state index is 12.2. The summed E-state index contributed by atoms with van der Waals surface area (Å²) in [4.78, 5) is 23.5. The van der Waals surface area contributed by atoms with Gasteiger partial charge in [-0.25, -0.2) is 4.79 Å². The summed E-state index contributed by atoms with van der Waals surface area (Å²) in [5.74, 6) is -3.04. The molecule has 1 rings (SSSR count). The first-order valence-electron chi connectivity index (χ1n) is 5.46. The molecule has 1 aliphatic heterocycles. The van der Waals surface area contributed by atoms with Crippen molar-refractivity contribution in [3.8, 4) is 0 Å². The number of rotatable bonds is 1. The van der Waals surface area contributed by atoms with Gasteiger partial charge in [0, 0.05) is 0 Å². The Morgan fingerprint density at radius 2 is 1.89 bits per heavy atom. The van der Waals surface area contributed by atoms with Gasteiger partial charge >= 0.3 is 18.1 Å². The molecule has 0 atom stereocenters. The number of ether oxygens (including phenoxy) is 2. The van der Waals surface area contributed by atoms with Gasteiger partial charge in [0.2, 0.25) is 0 Å². The summed E-state index contributed by atoms with van der Waals surface area (Å²) in [6.45, 7) is 4.68. The lowest BCUT2D eigenvalue weighted by atomic mass is 10.2. The SMILES string of the molecule is CC(C)(C)OC(=O)N1C=C(C(=O)C(F)(F)F)OCC1. The Bertz CT molecular complexity index is 409. The van der Waals surface area contributed by atoms with E-state index in [-0.39, 0.29) is 13.2 Å². The second-order valence-corrected chi connectivity index (χ2v) is 4.84. The first-order chi connectivity index (χ1) is 8.50. The van der Waals surface area contributed by atoms with Crippen LogP contribution in [0.1, 0.15) is 20.8 Å². The maximum Gasteiger partial charge on any atom is 0.458 e. The smallest absolute Gasteiger partial charge is 0.458 e. The van der Waals surface area contributed by atoms with Gasteiger partial charge < -0.3 is 9.47 Å². The maximum absolute atomic E-state index is 12.2. The highest BCUT2D eigenvalue weighted by Crippen LogP contribution is 2.23. The van der Waals surface area contributed by atoms with E-state index < -0.39 is 29.4 Å². The Labute approximate surface area is 107 Å². The van der Waals surface area contributed by atoms with Crippen LogP contribution in [0.2, 0.25) is 0 Å². The minimum Gasteiger partial charge on any atom is -0.486 e. The third-order valence-electron chi connectivity index (χ3n) is 1.97. The number of halogens is 3. The highest BCUT2D eigenvalue weighted by atomic mass is 19.4. The van der Waals surface area contributed by atoms with Crippen LogP contribution in [0.15, 0.2) is 12.0 Å². The number of ketones is 1. The fourth-order valence-corrected chi connectivity index (χ4v) is 1.23. The molecule has 0 radical (unpaired) electrons. The quantitative estimate of drug-likeness (QED) is 0.739. The average Bonchev–Trinajstić information content (AvgIpc) is 2.24. The number of amides is 1. The molecular formula is C11H14F3NO4. The van der Waals surface area contributed by atoms with Crippen molar-refractivity contribution in [3.63, 3.8) is 0 Å². The molecule has 0 spiro atoms. The fourth-order valence-electron chi connectivity index (χ4n) is 1.23. The summed E-state index contributed by atoms with van der Waals surface area (Å²) >= 11 is 0. The van der Waals surface area contributed by atoms with Crippen LogP contribution in [0.5, 0.6) is 0 Å². The van der Waals surface area contributed by atoms with E-state index in [9.17, 15) is 22.8 Å². The second kappa shape index (κ2) is 5.10. The molecule has 108 valence electrons. The molecule has 19 heavy (non-hydrogen) atoms. The summed E-state index contributed by atoms with van der Waals surface area (Å²) in [7, 11) is 0. The summed E-state index contributed by atoms with van der Waals surface area (Å²) in [6, 6.07) is 0. The van der Waals surface area contributed by atoms with Gasteiger partial charge in [0.25, 0.3) is 0 Å². The standard InChI is InChI=1S/C11H14F3NO4/c1-10(2,3)19-9(17)15-4-5-18-7(6-15)8(16)11(12,13)14/h6H,4-5H2,1-3H3. The minimum atomic E-state index is -5.04. The van der Waals surface area contributed by atoms with Gasteiger partial charge in [-0.1, -0.05) is 0 Å². The fraction of sp³-hybridized carbons (Fsp3) is 0.636. The normalized spacial score (nSPS) is 16.5. The van der Waals surface area contributed by atoms with Crippen molar-refractivity contribution in [2.45, 2.75) is 32.5 Å². The molecule has 0 unspecified atom stereocenters. The van der Waals surface area contributed by atoms with Crippen molar-refractivity contribution < 1.29 is 32.2 Å². The third kappa shape index (κ3) is 4.46. The van der Waals surface area contributed by atoms with Gasteiger partial charge in [-0.05, 0) is 20.8 Å². The van der Waals surface area contributed by atoms with E-state index in [0.717, 1.165) is 4.90 Å². The number of hydrogen-bond acceptors (Lipinski definition) is 4. The van der Waals surface area contributed by atoms with Crippen LogP contribution in [-0.2, 0) is 14.3 Å². The van der Waals surface area contributed by atoms with Gasteiger partial charge in [-0.2, -0.15) is 13.2 Å². The highest BCUT2D eigenvalue weighted by Gasteiger charge is 2.43. The zero-order valence-corrected chi connectivity index (χ0v) is 10.7. The van der Waals surface area contributed by atoms with Gasteiger partial charge in [-0.3, -0.25) is 9.69 Å². The molecule has 0 saturated carbocycles. The van der Waals surface area contributed by atoms with Crippen LogP contribution >= 0.6 is 0 Å². The van der Waals surface area contributed by atoms with Crippen LogP contribution in [0.4, 0.5) is 18.0 Å². The first-order valence-corrected chi connectivity index (χ1v) is 5.46. The lowest BCUT2D eigenvalue weighted by Crippen LogP contribution is -2.39. The van der Waals surface area contributed by atoms with E-state index in [0.29, 0.717) is 6.20 Å². The first kappa shape index (κ1) is 15.3. The molecule has 0 aromatic rings. The van der Waals surface area contributed by atoms with E-state index in [2.05, 4.69) is 4.74 Å². The van der Waals surface area contributed by atoms with Crippen LogP contribution in [0.25, 0.3) is 0 Å². The van der Waals surface area contributed by atoms with E-state index in [1.54, 1.807) is 20.8 Å². The Morgan fingerprint density at radius 1 is 1.32 bits per heavy atom. The molecule has 1 aliphatic rings. The van der Waals surface area contributed by atoms with Crippen molar-refractivity contribution in [2.75, 3.05) is 13.2 Å². The molecule has 0 aromatic heterocycles. The lowest BCUT2D eigenvalue weighted by molar-refractivity contribution is -0.170. The molecule has 5 nitrogen and oxygen atoms in total. The molecule has 0 saturated heterocycles. The van der Waals surface area contributed by atoms with Crippen LogP contribution in [-0.4, -0.2) is 41.7 Å². The van der Waals surface area contributed by atoms with E-state index >= 15 is 0 Å². The van der Waals surface area contributed by atoms with E-state index in [4.69, 9.17) is 4.74 Å². The van der Waals surface area contributed by atoms with Crippen molar-refractivity contribution in [3.05, 3.63) is 12.0 Å². The molecule has 1 heterocycles. The largest absolute Gasteiger partial charge is 0.486 e. The van der Waals surface area contributed by atoms with E-state index in [1.165, 1.54) is 0 Å². The summed E-state index contributed by atoms with van der Waals surface area (Å²) < 4.78 is 46.3. The third-order valence-corrected chi connectivity index (χ3v) is 1.97. The number of carbonyl (C=O) groups excluding carboxylic acids is 2. The van der Waals surface area contributed by atoms with Crippen molar-refractivity contribution >= 4 is 11.9 Å². The number of allylic oxidation sites excluding steroid dienone is 1. The lowest BCUT2D eigenvalue weighted by Gasteiger charge is -2.28. The van der Waals surface area contributed by atoms with Crippen molar-refractivity contribution in [1.82, 2.24) is 4.90 Å². The Balaban J connectivity index is 2.83. The summed E-state index contributed by atoms with van der Waals surface area (Å²) in [5.41, 5.74) is -0.780. The monoisotopic (exact) mass is 281 g/mol. The minimum absolute atomic E-state index is 0.0174. The topological polar surface area (TPSA) is 55.8 Å². The van der Waals surface area contributed by atoms with Gasteiger partial charge in [0.15, 0.2) is 5.76 Å². The number of nitrogens with zero attached hydrogens (tertiary/aromatic N) is 1. The number of hydrogen-bond donors (Lipinski definition) is 0. The predicted octanol–water partition coefficient (Wildman–Crippen LogP) is 2.23. The molecule has 0 fully saturated rings. The number of Topliss-reactive ketones (excluding diaryl/α,β-unsaturated/α-hetero) is 1. The molecule has 8 heteroatoms. The number of alkyl halides is 3. The van der Waals surface area contributed by atoms with Gasteiger partial charge in [0.05, 0.1) is 12.7 Å². The van der Waals surface area contributed by atoms with Gasteiger partial charge in [-0.15, -0.1) is 0 Å². The molecule has 0 N–H and O–H groups in total. The molecule has 0 aromatic carbocycles. The van der Waals surface area contributed by atoms with Crippen LogP contribution in [0, 0.1) is 0 Å². The summed E-state index contributed by atoms with van der Waals surface area (Å²) in [6.07, 6.45) is -5.15.